The third-order valence-electron chi connectivity index (χ3n) is 4.19. The summed E-state index contributed by atoms with van der Waals surface area (Å²) in [7, 11) is 0. The minimum Gasteiger partial charge on any atom is -0.341 e. The zero-order valence-corrected chi connectivity index (χ0v) is 14.2. The number of hydrogen-bond donors (Lipinski definition) is 1. The summed E-state index contributed by atoms with van der Waals surface area (Å²) in [4.78, 5) is 40.6. The van der Waals surface area contributed by atoms with Crippen LogP contribution in [0.5, 0.6) is 0 Å². The molecule has 3 amide bonds. The average Bonchev–Trinajstić information content (AvgIpc) is 2.96. The van der Waals surface area contributed by atoms with Gasteiger partial charge in [0.25, 0.3) is 5.91 Å². The molecule has 7 nitrogen and oxygen atoms in total. The van der Waals surface area contributed by atoms with Crippen LogP contribution in [0.2, 0.25) is 0 Å². The first-order valence-electron chi connectivity index (χ1n) is 8.08. The van der Waals surface area contributed by atoms with Crippen molar-refractivity contribution in [3.63, 3.8) is 0 Å². The molecule has 0 radical (unpaired) electrons. The largest absolute Gasteiger partial charge is 0.341 e. The van der Waals surface area contributed by atoms with E-state index < -0.39 is 0 Å². The summed E-state index contributed by atoms with van der Waals surface area (Å²) in [6, 6.07) is 3.91. The summed E-state index contributed by atoms with van der Waals surface area (Å²) in [5.41, 5.74) is 2.75. The lowest BCUT2D eigenvalue weighted by molar-refractivity contribution is -0.131. The summed E-state index contributed by atoms with van der Waals surface area (Å²) in [6.07, 6.45) is 1.85. The second kappa shape index (κ2) is 7.57. The lowest BCUT2D eigenvalue weighted by Crippen LogP contribution is -2.42. The van der Waals surface area contributed by atoms with Crippen LogP contribution in [-0.2, 0) is 20.8 Å². The molecule has 3 heterocycles. The van der Waals surface area contributed by atoms with Crippen LogP contribution in [0.3, 0.4) is 0 Å². The van der Waals surface area contributed by atoms with E-state index in [1.165, 1.54) is 0 Å². The van der Waals surface area contributed by atoms with E-state index in [1.54, 1.807) is 16.2 Å². The van der Waals surface area contributed by atoms with Crippen LogP contribution in [0, 0.1) is 0 Å². The van der Waals surface area contributed by atoms with Crippen LogP contribution < -0.4 is 5.43 Å². The van der Waals surface area contributed by atoms with Crippen molar-refractivity contribution in [3.8, 4) is 0 Å². The number of carbonyl (C=O) groups excluding carboxylic acids is 3. The van der Waals surface area contributed by atoms with Crippen LogP contribution in [0.25, 0.3) is 0 Å². The van der Waals surface area contributed by atoms with Crippen LogP contribution in [0.4, 0.5) is 0 Å². The molecule has 0 bridgehead atoms. The molecule has 0 saturated carbocycles. The van der Waals surface area contributed by atoms with E-state index in [-0.39, 0.29) is 17.7 Å². The van der Waals surface area contributed by atoms with Crippen LogP contribution in [0.1, 0.15) is 24.1 Å². The van der Waals surface area contributed by atoms with Crippen molar-refractivity contribution >= 4 is 34.8 Å². The maximum atomic E-state index is 12.5. The van der Waals surface area contributed by atoms with Crippen LogP contribution in [0.15, 0.2) is 22.6 Å². The van der Waals surface area contributed by atoms with Gasteiger partial charge in [-0.05, 0) is 17.9 Å². The van der Waals surface area contributed by atoms with Gasteiger partial charge in [-0.3, -0.25) is 14.4 Å². The topological polar surface area (TPSA) is 82.1 Å². The summed E-state index contributed by atoms with van der Waals surface area (Å²) < 4.78 is 0. The van der Waals surface area contributed by atoms with Crippen molar-refractivity contribution in [1.82, 2.24) is 15.2 Å². The fourth-order valence-corrected chi connectivity index (χ4v) is 3.55. The van der Waals surface area contributed by atoms with Gasteiger partial charge in [0.1, 0.15) is 5.71 Å². The van der Waals surface area contributed by atoms with Gasteiger partial charge in [-0.25, -0.2) is 5.43 Å². The van der Waals surface area contributed by atoms with Gasteiger partial charge in [-0.2, -0.15) is 5.10 Å². The normalized spacial score (nSPS) is 18.7. The van der Waals surface area contributed by atoms with Gasteiger partial charge in [0.2, 0.25) is 11.8 Å². The van der Waals surface area contributed by atoms with Gasteiger partial charge in [0.05, 0.1) is 6.42 Å². The highest BCUT2D eigenvalue weighted by molar-refractivity contribution is 7.10. The maximum absolute atomic E-state index is 12.5. The number of nitrogens with zero attached hydrogens (tertiary/aromatic N) is 3. The van der Waals surface area contributed by atoms with Gasteiger partial charge in [-0.1, -0.05) is 6.07 Å². The van der Waals surface area contributed by atoms with Crippen molar-refractivity contribution in [2.24, 2.45) is 5.10 Å². The Balaban J connectivity index is 1.55. The van der Waals surface area contributed by atoms with E-state index in [0.717, 1.165) is 11.3 Å². The molecule has 2 aliphatic rings. The molecular weight excluding hydrogens is 328 g/mol. The Labute approximate surface area is 144 Å². The molecule has 1 aromatic rings. The van der Waals surface area contributed by atoms with Crippen molar-refractivity contribution in [3.05, 3.63) is 22.4 Å². The standard InChI is InChI=1S/C16H20N4O3S/c21-14-5-4-13(17-18-14)16(23)20-7-2-6-19(8-9-20)15(22)11-12-3-1-10-24-12/h1,3,10H,2,4-9,11H2,(H,18,21). The molecule has 128 valence electrons. The fourth-order valence-electron chi connectivity index (χ4n) is 2.85. The molecule has 1 saturated heterocycles. The zero-order chi connectivity index (χ0) is 16.9. The molecule has 0 aromatic carbocycles. The number of amides is 3. The average molecular weight is 348 g/mol. The molecule has 1 fully saturated rings. The Bertz CT molecular complexity index is 656. The van der Waals surface area contributed by atoms with Gasteiger partial charge in [0.15, 0.2) is 0 Å². The number of nitrogens with one attached hydrogen (secondary N) is 1. The van der Waals surface area contributed by atoms with Crippen molar-refractivity contribution in [2.45, 2.75) is 25.7 Å². The number of thiophene rings is 1. The van der Waals surface area contributed by atoms with E-state index in [4.69, 9.17) is 0 Å². The Morgan fingerprint density at radius 1 is 1.17 bits per heavy atom. The second-order valence-corrected chi connectivity index (χ2v) is 6.91. The molecule has 1 aromatic heterocycles. The Morgan fingerprint density at radius 3 is 2.67 bits per heavy atom. The second-order valence-electron chi connectivity index (χ2n) is 5.88. The van der Waals surface area contributed by atoms with Crippen molar-refractivity contribution in [1.29, 1.82) is 0 Å². The van der Waals surface area contributed by atoms with Gasteiger partial charge in [0, 0.05) is 43.9 Å². The first-order chi connectivity index (χ1) is 11.6. The lowest BCUT2D eigenvalue weighted by Gasteiger charge is -2.23. The van der Waals surface area contributed by atoms with Crippen molar-refractivity contribution < 1.29 is 14.4 Å². The third-order valence-corrected chi connectivity index (χ3v) is 5.07. The number of hydrogen-bond acceptors (Lipinski definition) is 5. The summed E-state index contributed by atoms with van der Waals surface area (Å²) >= 11 is 1.58. The van der Waals surface area contributed by atoms with Gasteiger partial charge >= 0.3 is 0 Å². The molecule has 0 aliphatic carbocycles. The predicted octanol–water partition coefficient (Wildman–Crippen LogP) is 0.617. The predicted molar refractivity (Wildman–Crippen MR) is 90.6 cm³/mol. The van der Waals surface area contributed by atoms with Crippen molar-refractivity contribution in [2.75, 3.05) is 26.2 Å². The van der Waals surface area contributed by atoms with Crippen LogP contribution >= 0.6 is 11.3 Å². The Hall–Kier alpha value is -2.22. The fraction of sp³-hybridized carbons (Fsp3) is 0.500. The molecule has 3 rings (SSSR count). The number of carbonyl (C=O) groups is 3. The van der Waals surface area contributed by atoms with Gasteiger partial charge in [-0.15, -0.1) is 11.3 Å². The molecule has 8 heteroatoms. The first-order valence-corrected chi connectivity index (χ1v) is 8.96. The monoisotopic (exact) mass is 348 g/mol. The third kappa shape index (κ3) is 4.00. The van der Waals surface area contributed by atoms with E-state index in [2.05, 4.69) is 10.5 Å². The minimum absolute atomic E-state index is 0.106. The summed E-state index contributed by atoms with van der Waals surface area (Å²) in [5, 5.41) is 5.83. The smallest absolute Gasteiger partial charge is 0.270 e. The molecule has 1 N–H and O–H groups in total. The zero-order valence-electron chi connectivity index (χ0n) is 13.4. The first kappa shape index (κ1) is 16.6. The molecule has 0 spiro atoms. The highest BCUT2D eigenvalue weighted by atomic mass is 32.1. The molecule has 2 aliphatic heterocycles. The van der Waals surface area contributed by atoms with Crippen LogP contribution in [-0.4, -0.2) is 59.4 Å². The van der Waals surface area contributed by atoms with E-state index >= 15 is 0 Å². The van der Waals surface area contributed by atoms with E-state index in [1.807, 2.05) is 22.4 Å². The molecular formula is C16H20N4O3S. The number of rotatable bonds is 3. The maximum Gasteiger partial charge on any atom is 0.270 e. The summed E-state index contributed by atoms with van der Waals surface area (Å²) in [5.74, 6) is -0.190. The highest BCUT2D eigenvalue weighted by Gasteiger charge is 2.26. The van der Waals surface area contributed by atoms with E-state index in [0.29, 0.717) is 51.2 Å². The lowest BCUT2D eigenvalue weighted by atomic mass is 10.1. The number of hydrazone groups is 1. The quantitative estimate of drug-likeness (QED) is 0.869. The van der Waals surface area contributed by atoms with E-state index in [9.17, 15) is 14.4 Å². The summed E-state index contributed by atoms with van der Waals surface area (Å²) in [6.45, 7) is 2.31. The highest BCUT2D eigenvalue weighted by Crippen LogP contribution is 2.13. The minimum atomic E-state index is -0.159. The molecule has 0 unspecified atom stereocenters. The SMILES string of the molecule is O=C1CCC(C(=O)N2CCCN(C(=O)Cc3cccs3)CC2)=NN1. The van der Waals surface area contributed by atoms with Gasteiger partial charge < -0.3 is 9.80 Å². The molecule has 0 atom stereocenters. The Kier molecular flexibility index (Phi) is 5.24. The molecule has 24 heavy (non-hydrogen) atoms. The Morgan fingerprint density at radius 2 is 1.96 bits per heavy atom.